The number of likely N-dealkylation sites (tertiary alicyclic amines) is 1. The minimum atomic E-state index is -0.222. The third kappa shape index (κ3) is 3.87. The second-order valence-electron chi connectivity index (χ2n) is 7.23. The minimum Gasteiger partial charge on any atom is -0.337 e. The van der Waals surface area contributed by atoms with Crippen molar-refractivity contribution in [3.05, 3.63) is 77.5 Å². The van der Waals surface area contributed by atoms with Gasteiger partial charge < -0.3 is 4.90 Å². The molecule has 0 saturated carbocycles. The number of carbonyl (C=O) groups is 2. The van der Waals surface area contributed by atoms with E-state index in [2.05, 4.69) is 20.3 Å². The van der Waals surface area contributed by atoms with E-state index >= 15 is 0 Å². The van der Waals surface area contributed by atoms with E-state index in [4.69, 9.17) is 4.98 Å². The normalized spacial score (nSPS) is 15.9. The highest BCUT2D eigenvalue weighted by molar-refractivity contribution is 7.13. The Morgan fingerprint density at radius 1 is 1.13 bits per heavy atom. The maximum atomic E-state index is 13.0. The van der Waals surface area contributed by atoms with E-state index in [9.17, 15) is 9.59 Å². The van der Waals surface area contributed by atoms with Crippen LogP contribution in [0.2, 0.25) is 0 Å². The van der Waals surface area contributed by atoms with Gasteiger partial charge in [0, 0.05) is 54.1 Å². The van der Waals surface area contributed by atoms with Gasteiger partial charge in [-0.15, -0.1) is 11.3 Å². The van der Waals surface area contributed by atoms with Gasteiger partial charge in [-0.05, 0) is 18.6 Å². The Balaban J connectivity index is 1.44. The Hall–Kier alpha value is -3.72. The maximum absolute atomic E-state index is 13.0. The summed E-state index contributed by atoms with van der Waals surface area (Å²) in [6.07, 6.45) is 6.95. The van der Waals surface area contributed by atoms with Crippen LogP contribution in [-0.4, -0.2) is 49.7 Å². The van der Waals surface area contributed by atoms with Gasteiger partial charge in [-0.1, -0.05) is 18.2 Å². The topological polar surface area (TPSA) is 101 Å². The van der Waals surface area contributed by atoms with Crippen LogP contribution in [-0.2, 0) is 0 Å². The average Bonchev–Trinajstić information content (AvgIpc) is 3.51. The Labute approximate surface area is 182 Å². The number of carbonyl (C=O) groups excluding carboxylic acids is 2. The Morgan fingerprint density at radius 3 is 2.84 bits per heavy atom. The number of hydrogen-bond acceptors (Lipinski definition) is 7. The summed E-state index contributed by atoms with van der Waals surface area (Å²) in [5.74, 6) is -0.324. The molecular weight excluding hydrogens is 412 g/mol. The monoisotopic (exact) mass is 430 g/mol. The van der Waals surface area contributed by atoms with Crippen LogP contribution in [0.4, 0.5) is 5.13 Å². The summed E-state index contributed by atoms with van der Waals surface area (Å²) in [6, 6.07) is 9.42. The van der Waals surface area contributed by atoms with Crippen molar-refractivity contribution >= 4 is 39.2 Å². The predicted molar refractivity (Wildman–Crippen MR) is 117 cm³/mol. The molecule has 1 saturated heterocycles. The van der Waals surface area contributed by atoms with Gasteiger partial charge in [0.05, 0.1) is 17.3 Å². The zero-order chi connectivity index (χ0) is 21.2. The van der Waals surface area contributed by atoms with E-state index in [1.807, 2.05) is 35.7 Å². The summed E-state index contributed by atoms with van der Waals surface area (Å²) in [6.45, 7) is 1.13. The smallest absolute Gasteiger partial charge is 0.274 e. The van der Waals surface area contributed by atoms with Crippen LogP contribution >= 0.6 is 11.3 Å². The van der Waals surface area contributed by atoms with Crippen LogP contribution in [0.3, 0.4) is 0 Å². The standard InChI is InChI=1S/C22H18N6O2S/c29-20(27-22-25-8-10-31-22)16-11-18(26-17-4-2-1-3-15(16)17)14-5-9-28(13-14)21(30)19-12-23-6-7-24-19/h1-4,6-8,10-12,14H,5,9,13H2,(H,25,27,29)/t14-/m1/s1. The first-order valence-corrected chi connectivity index (χ1v) is 10.7. The van der Waals surface area contributed by atoms with Gasteiger partial charge in [-0.25, -0.2) is 9.97 Å². The van der Waals surface area contributed by atoms with E-state index in [1.54, 1.807) is 17.3 Å². The highest BCUT2D eigenvalue weighted by atomic mass is 32.1. The van der Waals surface area contributed by atoms with Crippen LogP contribution < -0.4 is 5.32 Å². The highest BCUT2D eigenvalue weighted by Gasteiger charge is 2.30. The molecule has 0 unspecified atom stereocenters. The number of pyridine rings is 1. The second-order valence-corrected chi connectivity index (χ2v) is 8.13. The molecule has 4 heterocycles. The second kappa shape index (κ2) is 8.19. The van der Waals surface area contributed by atoms with Gasteiger partial charge in [0.25, 0.3) is 11.8 Å². The third-order valence-corrected chi connectivity index (χ3v) is 6.00. The molecule has 4 aromatic rings. The average molecular weight is 430 g/mol. The molecule has 3 aromatic heterocycles. The van der Waals surface area contributed by atoms with Crippen molar-refractivity contribution in [3.8, 4) is 0 Å². The molecule has 5 rings (SSSR count). The largest absolute Gasteiger partial charge is 0.337 e. The van der Waals surface area contributed by atoms with Gasteiger partial charge in [0.1, 0.15) is 5.69 Å². The molecule has 1 aliphatic rings. The zero-order valence-electron chi connectivity index (χ0n) is 16.4. The molecule has 8 nitrogen and oxygen atoms in total. The molecule has 0 spiro atoms. The number of benzene rings is 1. The first-order valence-electron chi connectivity index (χ1n) is 9.85. The maximum Gasteiger partial charge on any atom is 0.274 e. The van der Waals surface area contributed by atoms with Crippen molar-refractivity contribution in [2.45, 2.75) is 12.3 Å². The van der Waals surface area contributed by atoms with Gasteiger partial charge in [0.2, 0.25) is 0 Å². The van der Waals surface area contributed by atoms with E-state index in [1.165, 1.54) is 23.7 Å². The third-order valence-electron chi connectivity index (χ3n) is 5.31. The number of fused-ring (bicyclic) bond motifs is 1. The summed E-state index contributed by atoms with van der Waals surface area (Å²) in [4.78, 5) is 44.5. The number of amides is 2. The number of hydrogen-bond donors (Lipinski definition) is 1. The van der Waals surface area contributed by atoms with E-state index in [0.717, 1.165) is 23.0 Å². The molecule has 9 heteroatoms. The van der Waals surface area contributed by atoms with Crippen molar-refractivity contribution in [2.24, 2.45) is 0 Å². The van der Waals surface area contributed by atoms with Crippen molar-refractivity contribution in [1.82, 2.24) is 24.8 Å². The predicted octanol–water partition coefficient (Wildman–Crippen LogP) is 3.36. The van der Waals surface area contributed by atoms with Crippen LogP contribution in [0.5, 0.6) is 0 Å². The quantitative estimate of drug-likeness (QED) is 0.533. The van der Waals surface area contributed by atoms with Crippen molar-refractivity contribution in [2.75, 3.05) is 18.4 Å². The van der Waals surface area contributed by atoms with Crippen LogP contribution in [0.1, 0.15) is 38.9 Å². The molecular formula is C22H18N6O2S. The van der Waals surface area contributed by atoms with Gasteiger partial charge in [0.15, 0.2) is 5.13 Å². The lowest BCUT2D eigenvalue weighted by atomic mass is 9.99. The molecule has 0 radical (unpaired) electrons. The lowest BCUT2D eigenvalue weighted by Crippen LogP contribution is -2.29. The van der Waals surface area contributed by atoms with Gasteiger partial charge in [-0.2, -0.15) is 0 Å². The Morgan fingerprint density at radius 2 is 2.03 bits per heavy atom. The minimum absolute atomic E-state index is 0.0386. The van der Waals surface area contributed by atoms with E-state index in [0.29, 0.717) is 29.5 Å². The lowest BCUT2D eigenvalue weighted by Gasteiger charge is -2.16. The number of aromatic nitrogens is 4. The molecule has 1 atom stereocenters. The number of para-hydroxylation sites is 1. The number of anilines is 1. The van der Waals surface area contributed by atoms with Crippen LogP contribution in [0, 0.1) is 0 Å². The molecule has 1 N–H and O–H groups in total. The fraction of sp³-hybridized carbons (Fsp3) is 0.182. The molecule has 0 aliphatic carbocycles. The molecule has 154 valence electrons. The first-order chi connectivity index (χ1) is 15.2. The fourth-order valence-corrected chi connectivity index (χ4v) is 4.32. The summed E-state index contributed by atoms with van der Waals surface area (Å²) in [7, 11) is 0. The molecule has 1 aromatic carbocycles. The zero-order valence-corrected chi connectivity index (χ0v) is 17.2. The van der Waals surface area contributed by atoms with Crippen LogP contribution in [0.15, 0.2) is 60.5 Å². The van der Waals surface area contributed by atoms with Crippen molar-refractivity contribution in [3.63, 3.8) is 0 Å². The summed E-state index contributed by atoms with van der Waals surface area (Å²) >= 11 is 1.37. The van der Waals surface area contributed by atoms with E-state index in [-0.39, 0.29) is 17.7 Å². The van der Waals surface area contributed by atoms with Crippen LogP contribution in [0.25, 0.3) is 10.9 Å². The summed E-state index contributed by atoms with van der Waals surface area (Å²) in [5.41, 5.74) is 2.44. The SMILES string of the molecule is O=C(Nc1nccs1)c1cc([C@@H]2CCN(C(=O)c3cnccn3)C2)nc2ccccc12. The lowest BCUT2D eigenvalue weighted by molar-refractivity contribution is 0.0784. The fourth-order valence-electron chi connectivity index (χ4n) is 3.80. The van der Waals surface area contributed by atoms with E-state index < -0.39 is 0 Å². The summed E-state index contributed by atoms with van der Waals surface area (Å²) in [5, 5.41) is 6.00. The molecule has 1 fully saturated rings. The van der Waals surface area contributed by atoms with Gasteiger partial charge >= 0.3 is 0 Å². The molecule has 1 aliphatic heterocycles. The van der Waals surface area contributed by atoms with Crippen molar-refractivity contribution < 1.29 is 9.59 Å². The first kappa shape index (κ1) is 19.3. The molecule has 2 amide bonds. The van der Waals surface area contributed by atoms with Gasteiger partial charge in [-0.3, -0.25) is 24.9 Å². The Kier molecular flexibility index (Phi) is 5.09. The Bertz CT molecular complexity index is 1250. The number of nitrogens with zero attached hydrogens (tertiary/aromatic N) is 5. The molecule has 0 bridgehead atoms. The molecule has 31 heavy (non-hydrogen) atoms. The number of rotatable bonds is 4. The summed E-state index contributed by atoms with van der Waals surface area (Å²) < 4.78 is 0. The number of thiazole rings is 1. The van der Waals surface area contributed by atoms with Crippen molar-refractivity contribution in [1.29, 1.82) is 0 Å². The highest BCUT2D eigenvalue weighted by Crippen LogP contribution is 2.30. The number of nitrogens with one attached hydrogen (secondary N) is 1.